The third kappa shape index (κ3) is 3.89. The first kappa shape index (κ1) is 25.5. The molecule has 1 aliphatic rings. The smallest absolute Gasteiger partial charge is 0.417 e. The van der Waals surface area contributed by atoms with Crippen LogP contribution in [-0.2, 0) is 4.74 Å². The average molecular weight is 511 g/mol. The summed E-state index contributed by atoms with van der Waals surface area (Å²) in [6.07, 6.45) is -3.54. The second-order valence-corrected chi connectivity index (χ2v) is 8.86. The fourth-order valence-corrected chi connectivity index (χ4v) is 4.92. The normalized spacial score (nSPS) is 24.6. The first-order chi connectivity index (χ1) is 16.8. The van der Waals surface area contributed by atoms with E-state index in [1.807, 2.05) is 0 Å². The van der Waals surface area contributed by atoms with E-state index in [1.54, 1.807) is 0 Å². The first-order valence-corrected chi connectivity index (χ1v) is 10.9. The molecule has 1 amide bonds. The molecule has 0 saturated carbocycles. The maximum Gasteiger partial charge on any atom is 0.417 e. The summed E-state index contributed by atoms with van der Waals surface area (Å²) in [7, 11) is 1.08. The van der Waals surface area contributed by atoms with E-state index in [0.29, 0.717) is 0 Å². The number of aromatic nitrogens is 2. The molecule has 0 aliphatic carbocycles. The minimum atomic E-state index is -4.79. The molecule has 1 fully saturated rings. The third-order valence-corrected chi connectivity index (χ3v) is 7.01. The van der Waals surface area contributed by atoms with Crippen molar-refractivity contribution in [2.45, 2.75) is 37.5 Å². The third-order valence-electron chi connectivity index (χ3n) is 7.01. The Bertz CT molecular complexity index is 1410. The number of halogens is 5. The molecular formula is C24H22F5N3O4. The van der Waals surface area contributed by atoms with Crippen LogP contribution >= 0.6 is 0 Å². The molecule has 7 nitrogen and oxygen atoms in total. The SMILES string of the molecule is COc1c([C@H]2[C@H](c3cc(=O)c4c(C(N)=O)nccc4[nH]3)CO[C@@](C)(C(F)(F)F)[C@H]2C)ccc(F)c1F. The van der Waals surface area contributed by atoms with Crippen molar-refractivity contribution in [1.29, 1.82) is 0 Å². The molecule has 1 aromatic carbocycles. The van der Waals surface area contributed by atoms with Gasteiger partial charge >= 0.3 is 6.18 Å². The molecule has 3 aromatic rings. The summed E-state index contributed by atoms with van der Waals surface area (Å²) >= 11 is 0. The molecule has 0 radical (unpaired) electrons. The van der Waals surface area contributed by atoms with Crippen molar-refractivity contribution in [2.75, 3.05) is 13.7 Å². The lowest BCUT2D eigenvalue weighted by Gasteiger charge is -2.49. The van der Waals surface area contributed by atoms with Gasteiger partial charge in [0.05, 0.1) is 24.6 Å². The highest BCUT2D eigenvalue weighted by molar-refractivity contribution is 6.03. The van der Waals surface area contributed by atoms with Gasteiger partial charge in [-0.15, -0.1) is 0 Å². The van der Waals surface area contributed by atoms with Crippen molar-refractivity contribution >= 4 is 16.8 Å². The highest BCUT2D eigenvalue weighted by Gasteiger charge is 2.61. The Balaban J connectivity index is 1.96. The van der Waals surface area contributed by atoms with Crippen molar-refractivity contribution in [3.05, 3.63) is 69.3 Å². The van der Waals surface area contributed by atoms with Gasteiger partial charge in [0.25, 0.3) is 5.91 Å². The maximum atomic E-state index is 14.6. The summed E-state index contributed by atoms with van der Waals surface area (Å²) in [5.74, 6) is -7.42. The monoisotopic (exact) mass is 511 g/mol. The van der Waals surface area contributed by atoms with E-state index in [2.05, 4.69) is 9.97 Å². The van der Waals surface area contributed by atoms with Crippen LogP contribution < -0.4 is 15.9 Å². The van der Waals surface area contributed by atoms with Crippen LogP contribution in [0.2, 0.25) is 0 Å². The number of nitrogens with two attached hydrogens (primary N) is 1. The number of carbonyl (C=O) groups is 1. The molecule has 4 rings (SSSR count). The molecule has 192 valence electrons. The Morgan fingerprint density at radius 3 is 2.58 bits per heavy atom. The molecule has 0 spiro atoms. The van der Waals surface area contributed by atoms with E-state index in [9.17, 15) is 31.5 Å². The van der Waals surface area contributed by atoms with E-state index < -0.39 is 64.9 Å². The van der Waals surface area contributed by atoms with E-state index in [0.717, 1.165) is 26.2 Å². The van der Waals surface area contributed by atoms with Crippen molar-refractivity contribution in [3.8, 4) is 5.75 Å². The number of primary amides is 1. The molecule has 0 bridgehead atoms. The zero-order valence-corrected chi connectivity index (χ0v) is 19.4. The number of H-pyrrole nitrogens is 1. The Morgan fingerprint density at radius 1 is 1.28 bits per heavy atom. The lowest BCUT2D eigenvalue weighted by Crippen LogP contribution is -2.56. The number of fused-ring (bicyclic) bond motifs is 1. The lowest BCUT2D eigenvalue weighted by atomic mass is 9.67. The van der Waals surface area contributed by atoms with Gasteiger partial charge in [0.2, 0.25) is 5.82 Å². The Hall–Kier alpha value is -3.54. The minimum absolute atomic E-state index is 0.0128. The van der Waals surface area contributed by atoms with Crippen LogP contribution in [-0.4, -0.2) is 41.4 Å². The van der Waals surface area contributed by atoms with Crippen LogP contribution in [0.1, 0.15) is 47.4 Å². The molecular weight excluding hydrogens is 489 g/mol. The highest BCUT2D eigenvalue weighted by Crippen LogP contribution is 2.55. The topological polar surface area (TPSA) is 107 Å². The number of benzene rings is 1. The first-order valence-electron chi connectivity index (χ1n) is 10.9. The van der Waals surface area contributed by atoms with Gasteiger partial charge in [0, 0.05) is 41.3 Å². The predicted octanol–water partition coefficient (Wildman–Crippen LogP) is 4.16. The zero-order valence-electron chi connectivity index (χ0n) is 19.4. The summed E-state index contributed by atoms with van der Waals surface area (Å²) < 4.78 is 81.3. The van der Waals surface area contributed by atoms with Gasteiger partial charge in [-0.3, -0.25) is 14.6 Å². The summed E-state index contributed by atoms with van der Waals surface area (Å²) in [6, 6.07) is 4.51. The summed E-state index contributed by atoms with van der Waals surface area (Å²) in [5.41, 5.74) is 2.10. The Morgan fingerprint density at radius 2 is 1.97 bits per heavy atom. The number of nitrogens with zero attached hydrogens (tertiary/aromatic N) is 1. The van der Waals surface area contributed by atoms with Crippen molar-refractivity contribution < 1.29 is 36.2 Å². The van der Waals surface area contributed by atoms with Gasteiger partial charge in [-0.2, -0.15) is 17.6 Å². The zero-order chi connectivity index (χ0) is 26.6. The molecule has 0 unspecified atom stereocenters. The number of pyridine rings is 2. The summed E-state index contributed by atoms with van der Waals surface area (Å²) in [5, 5.41) is -0.0828. The van der Waals surface area contributed by atoms with E-state index in [-0.39, 0.29) is 27.9 Å². The number of amides is 1. The van der Waals surface area contributed by atoms with E-state index in [1.165, 1.54) is 25.3 Å². The average Bonchev–Trinajstić information content (AvgIpc) is 2.81. The van der Waals surface area contributed by atoms with E-state index >= 15 is 0 Å². The van der Waals surface area contributed by atoms with Gasteiger partial charge in [-0.25, -0.2) is 4.39 Å². The van der Waals surface area contributed by atoms with Gasteiger partial charge in [0.15, 0.2) is 22.6 Å². The number of methoxy groups -OCH3 is 1. The van der Waals surface area contributed by atoms with Gasteiger partial charge in [-0.05, 0) is 19.1 Å². The molecule has 12 heteroatoms. The van der Waals surface area contributed by atoms with Crippen LogP contribution in [0.15, 0.2) is 35.3 Å². The number of ether oxygens (including phenoxy) is 2. The van der Waals surface area contributed by atoms with Gasteiger partial charge in [0.1, 0.15) is 5.69 Å². The standard InChI is InChI=1S/C24H22F5N3O4/c1-10-17(11-4-5-13(25)19(26)21(11)35-3)12(9-36-23(10,2)24(27,28)29)15-8-16(33)18-14(32-15)6-7-31-20(18)22(30)34/h4-8,10,12,17H,9H2,1-3H3,(H2,30,34)(H,32,33)/t10-,12-,17-,23+/m0/s1. The number of rotatable bonds is 4. The molecule has 3 heterocycles. The minimum Gasteiger partial charge on any atom is -0.493 e. The number of carbonyl (C=O) groups excluding carboxylic acids is 1. The van der Waals surface area contributed by atoms with Crippen LogP contribution in [0.3, 0.4) is 0 Å². The van der Waals surface area contributed by atoms with E-state index in [4.69, 9.17) is 15.2 Å². The van der Waals surface area contributed by atoms with Crippen LogP contribution in [0.4, 0.5) is 22.0 Å². The lowest BCUT2D eigenvalue weighted by molar-refractivity contribution is -0.304. The largest absolute Gasteiger partial charge is 0.493 e. The van der Waals surface area contributed by atoms with Crippen LogP contribution in [0.5, 0.6) is 5.75 Å². The number of hydrogen-bond donors (Lipinski definition) is 2. The van der Waals surface area contributed by atoms with Gasteiger partial charge < -0.3 is 20.2 Å². The molecule has 1 aliphatic heterocycles. The Kier molecular flexibility index (Phi) is 6.27. The molecule has 3 N–H and O–H groups in total. The molecule has 1 saturated heterocycles. The van der Waals surface area contributed by atoms with Crippen LogP contribution in [0, 0.1) is 17.6 Å². The fourth-order valence-electron chi connectivity index (χ4n) is 4.92. The maximum absolute atomic E-state index is 14.6. The molecule has 36 heavy (non-hydrogen) atoms. The van der Waals surface area contributed by atoms with Crippen molar-refractivity contribution in [2.24, 2.45) is 11.7 Å². The van der Waals surface area contributed by atoms with Crippen LogP contribution in [0.25, 0.3) is 10.9 Å². The number of aromatic amines is 1. The predicted molar refractivity (Wildman–Crippen MR) is 119 cm³/mol. The second kappa shape index (κ2) is 8.84. The number of hydrogen-bond acceptors (Lipinski definition) is 5. The number of nitrogens with one attached hydrogen (secondary N) is 1. The molecule has 2 aromatic heterocycles. The number of alkyl halides is 3. The van der Waals surface area contributed by atoms with Crippen molar-refractivity contribution in [3.63, 3.8) is 0 Å². The molecule has 4 atom stereocenters. The second-order valence-electron chi connectivity index (χ2n) is 8.86. The van der Waals surface area contributed by atoms with Gasteiger partial charge in [-0.1, -0.05) is 13.0 Å². The summed E-state index contributed by atoms with van der Waals surface area (Å²) in [6.45, 7) is 1.67. The Labute approximate surface area is 201 Å². The summed E-state index contributed by atoms with van der Waals surface area (Å²) in [4.78, 5) is 31.5. The fraction of sp³-hybridized carbons (Fsp3) is 0.375. The highest BCUT2D eigenvalue weighted by atomic mass is 19.4. The van der Waals surface area contributed by atoms with Crippen molar-refractivity contribution in [1.82, 2.24) is 9.97 Å². The quantitative estimate of drug-likeness (QED) is 0.512.